The van der Waals surface area contributed by atoms with Crippen LogP contribution in [0.25, 0.3) is 0 Å². The highest BCUT2D eigenvalue weighted by atomic mass is 14.7. The summed E-state index contributed by atoms with van der Waals surface area (Å²) in [6.07, 6.45) is 11.2. The van der Waals surface area contributed by atoms with Crippen molar-refractivity contribution in [2.75, 3.05) is 0 Å². The van der Waals surface area contributed by atoms with Crippen LogP contribution in [-0.2, 0) is 0 Å². The molecule has 1 nitrogen and oxygen atoms in total. The van der Waals surface area contributed by atoms with Gasteiger partial charge < -0.3 is 0 Å². The zero-order valence-corrected chi connectivity index (χ0v) is 7.04. The molecule has 0 atom stereocenters. The van der Waals surface area contributed by atoms with Gasteiger partial charge in [0, 0.05) is 17.8 Å². The highest BCUT2D eigenvalue weighted by Crippen LogP contribution is 2.03. The molecule has 11 heavy (non-hydrogen) atoms. The fraction of sp³-hybridized carbons (Fsp3) is 0.300. The van der Waals surface area contributed by atoms with E-state index in [-0.39, 0.29) is 0 Å². The van der Waals surface area contributed by atoms with E-state index in [4.69, 9.17) is 0 Å². The Kier molecular flexibility index (Phi) is 2.84. The number of aliphatic imine (C=N–C) groups is 1. The van der Waals surface area contributed by atoms with Crippen molar-refractivity contribution >= 4 is 5.71 Å². The molecule has 0 saturated heterocycles. The minimum atomic E-state index is 0.960. The summed E-state index contributed by atoms with van der Waals surface area (Å²) in [5.41, 5.74) is 2.23. The Bertz CT molecular complexity index is 242. The third-order valence-corrected chi connectivity index (χ3v) is 1.60. The van der Waals surface area contributed by atoms with Gasteiger partial charge in [0.2, 0.25) is 0 Å². The van der Waals surface area contributed by atoms with Crippen molar-refractivity contribution in [1.82, 2.24) is 0 Å². The van der Waals surface area contributed by atoms with E-state index in [0.717, 1.165) is 17.8 Å². The Labute approximate surface area is 67.8 Å². The fourth-order valence-corrected chi connectivity index (χ4v) is 0.876. The van der Waals surface area contributed by atoms with Crippen LogP contribution >= 0.6 is 0 Å². The summed E-state index contributed by atoms with van der Waals surface area (Å²) < 4.78 is 0. The number of hydrogen-bond acceptors (Lipinski definition) is 1. The Morgan fingerprint density at radius 3 is 2.91 bits per heavy atom. The first-order valence-corrected chi connectivity index (χ1v) is 3.86. The average Bonchev–Trinajstić information content (AvgIpc) is 2.06. The zero-order chi connectivity index (χ0) is 8.10. The molecular weight excluding hydrogens is 134 g/mol. The van der Waals surface area contributed by atoms with Crippen LogP contribution < -0.4 is 0 Å². The predicted molar refractivity (Wildman–Crippen MR) is 49.8 cm³/mol. The third-order valence-electron chi connectivity index (χ3n) is 1.60. The van der Waals surface area contributed by atoms with Crippen LogP contribution in [-0.4, -0.2) is 5.71 Å². The third kappa shape index (κ3) is 2.54. The quantitative estimate of drug-likeness (QED) is 0.540. The summed E-state index contributed by atoms with van der Waals surface area (Å²) in [7, 11) is 0. The monoisotopic (exact) mass is 147 g/mol. The summed E-state index contributed by atoms with van der Waals surface area (Å²) in [6, 6.07) is 0. The number of hydrogen-bond donors (Lipinski definition) is 0. The number of rotatable bonds is 1. The molecule has 0 bridgehead atoms. The largest absolute Gasteiger partial charge is 0.258 e. The topological polar surface area (TPSA) is 12.4 Å². The lowest BCUT2D eigenvalue weighted by Crippen LogP contribution is -1.94. The molecule has 0 aromatic carbocycles. The first kappa shape index (κ1) is 7.99. The minimum absolute atomic E-state index is 0.960. The van der Waals surface area contributed by atoms with Crippen molar-refractivity contribution in [2.24, 2.45) is 4.99 Å². The Morgan fingerprint density at radius 2 is 2.36 bits per heavy atom. The second-order valence-corrected chi connectivity index (χ2v) is 2.52. The Morgan fingerprint density at radius 1 is 1.55 bits per heavy atom. The van der Waals surface area contributed by atoms with E-state index in [9.17, 15) is 0 Å². The molecule has 0 aliphatic heterocycles. The van der Waals surface area contributed by atoms with Crippen LogP contribution in [0.15, 0.2) is 41.1 Å². The molecule has 0 N–H and O–H groups in total. The first-order chi connectivity index (χ1) is 5.33. The van der Waals surface area contributed by atoms with E-state index in [0.29, 0.717) is 0 Å². The van der Waals surface area contributed by atoms with Crippen LogP contribution in [0.2, 0.25) is 0 Å². The van der Waals surface area contributed by atoms with E-state index >= 15 is 0 Å². The van der Waals surface area contributed by atoms with Crippen molar-refractivity contribution < 1.29 is 0 Å². The van der Waals surface area contributed by atoms with Gasteiger partial charge in [0.25, 0.3) is 0 Å². The lowest BCUT2D eigenvalue weighted by Gasteiger charge is -2.00. The molecule has 0 radical (unpaired) electrons. The summed E-state index contributed by atoms with van der Waals surface area (Å²) >= 11 is 0. The van der Waals surface area contributed by atoms with Crippen LogP contribution in [0.1, 0.15) is 20.3 Å². The second kappa shape index (κ2) is 3.91. The molecule has 1 aliphatic rings. The molecule has 0 saturated carbocycles. The summed E-state index contributed by atoms with van der Waals surface area (Å²) in [5, 5.41) is 0. The maximum atomic E-state index is 4.39. The molecule has 1 heteroatoms. The molecule has 0 aromatic rings. The van der Waals surface area contributed by atoms with Gasteiger partial charge in [-0.15, -0.1) is 0 Å². The maximum absolute atomic E-state index is 4.39. The van der Waals surface area contributed by atoms with Crippen LogP contribution in [0.3, 0.4) is 0 Å². The Balaban J connectivity index is 2.68. The van der Waals surface area contributed by atoms with Crippen LogP contribution in [0, 0.1) is 0 Å². The van der Waals surface area contributed by atoms with E-state index < -0.39 is 0 Å². The van der Waals surface area contributed by atoms with E-state index in [1.54, 1.807) is 0 Å². The minimum Gasteiger partial charge on any atom is -0.258 e. The molecule has 0 unspecified atom stereocenters. The Hall–Kier alpha value is -1.11. The van der Waals surface area contributed by atoms with Gasteiger partial charge in [-0.2, -0.15) is 0 Å². The standard InChI is InChI=1S/C10H13N/c1-3-9(2)11-10-7-5-4-6-8-10/h3-7H,8H2,1-2H3/b9-3-,11-10?. The lowest BCUT2D eigenvalue weighted by atomic mass is 10.1. The van der Waals surface area contributed by atoms with Gasteiger partial charge in [0.05, 0.1) is 0 Å². The normalized spacial score (nSPS) is 21.3. The second-order valence-electron chi connectivity index (χ2n) is 2.52. The van der Waals surface area contributed by atoms with Crippen molar-refractivity contribution in [3.05, 3.63) is 36.1 Å². The van der Waals surface area contributed by atoms with Crippen molar-refractivity contribution in [3.8, 4) is 0 Å². The van der Waals surface area contributed by atoms with Gasteiger partial charge in [0.15, 0.2) is 0 Å². The van der Waals surface area contributed by atoms with Gasteiger partial charge >= 0.3 is 0 Å². The highest BCUT2D eigenvalue weighted by Gasteiger charge is 1.93. The maximum Gasteiger partial charge on any atom is 0.0444 e. The molecule has 0 heterocycles. The SMILES string of the molecule is C/C=C(/C)N=C1C=CC=CC1. The van der Waals surface area contributed by atoms with E-state index in [1.807, 2.05) is 38.2 Å². The average molecular weight is 147 g/mol. The van der Waals surface area contributed by atoms with Crippen molar-refractivity contribution in [1.29, 1.82) is 0 Å². The zero-order valence-electron chi connectivity index (χ0n) is 7.04. The number of nitrogens with zero attached hydrogens (tertiary/aromatic N) is 1. The van der Waals surface area contributed by atoms with E-state index in [2.05, 4.69) is 11.1 Å². The molecule has 1 rings (SSSR count). The van der Waals surface area contributed by atoms with E-state index in [1.165, 1.54) is 0 Å². The molecule has 0 fully saturated rings. The first-order valence-electron chi connectivity index (χ1n) is 3.86. The molecule has 0 aromatic heterocycles. The van der Waals surface area contributed by atoms with Gasteiger partial charge in [-0.05, 0) is 19.9 Å². The van der Waals surface area contributed by atoms with Crippen LogP contribution in [0.4, 0.5) is 0 Å². The summed E-state index contributed by atoms with van der Waals surface area (Å²) in [6.45, 7) is 4.01. The molecule has 58 valence electrons. The molecular formula is C10H13N. The summed E-state index contributed by atoms with van der Waals surface area (Å²) in [5.74, 6) is 0. The molecule has 0 amide bonds. The van der Waals surface area contributed by atoms with Gasteiger partial charge in [-0.3, -0.25) is 4.99 Å². The van der Waals surface area contributed by atoms with Crippen molar-refractivity contribution in [2.45, 2.75) is 20.3 Å². The fourth-order valence-electron chi connectivity index (χ4n) is 0.876. The van der Waals surface area contributed by atoms with Crippen LogP contribution in [0.5, 0.6) is 0 Å². The lowest BCUT2D eigenvalue weighted by molar-refractivity contribution is 1.26. The smallest absolute Gasteiger partial charge is 0.0444 e. The summed E-state index contributed by atoms with van der Waals surface area (Å²) in [4.78, 5) is 4.39. The van der Waals surface area contributed by atoms with Gasteiger partial charge in [-0.25, -0.2) is 0 Å². The van der Waals surface area contributed by atoms with Crippen molar-refractivity contribution in [3.63, 3.8) is 0 Å². The van der Waals surface area contributed by atoms with Gasteiger partial charge in [-0.1, -0.05) is 24.3 Å². The molecule has 0 spiro atoms. The van der Waals surface area contributed by atoms with Gasteiger partial charge in [0.1, 0.15) is 0 Å². The number of allylic oxidation sites excluding steroid dienone is 6. The predicted octanol–water partition coefficient (Wildman–Crippen LogP) is 2.87. The molecule has 1 aliphatic carbocycles. The highest BCUT2D eigenvalue weighted by molar-refractivity contribution is 5.97.